The fourth-order valence-electron chi connectivity index (χ4n) is 4.12. The number of aromatic nitrogens is 3. The van der Waals surface area contributed by atoms with Crippen molar-refractivity contribution in [3.63, 3.8) is 0 Å². The third kappa shape index (κ3) is 2.61. The molecule has 0 radical (unpaired) electrons. The van der Waals surface area contributed by atoms with Crippen LogP contribution in [0.5, 0.6) is 5.75 Å². The molecule has 2 aromatic carbocycles. The summed E-state index contributed by atoms with van der Waals surface area (Å²) in [6.07, 6.45) is 2.69. The second-order valence-corrected chi connectivity index (χ2v) is 6.98. The number of benzene rings is 2. The molecule has 5 rings (SSSR count). The number of phenolic OH excluding ortho intramolecular Hbond substituents is 1. The first-order chi connectivity index (χ1) is 13.2. The molecule has 2 N–H and O–H groups in total. The first kappa shape index (κ1) is 15.8. The minimum atomic E-state index is -0.380. The third-order valence-electron chi connectivity index (χ3n) is 5.32. The molecule has 3 aromatic rings. The maximum absolute atomic E-state index is 13.2. The van der Waals surface area contributed by atoms with Crippen molar-refractivity contribution in [1.29, 1.82) is 0 Å². The Balaban J connectivity index is 1.62. The standard InChI is InChI=1S/C21H18N4O2/c26-16-8-4-7-14(9-16)20-19-17(24-21-22-12-23-25(20)21)10-15(11-18(19)27)13-5-2-1-3-6-13/h1-9,12,15,20,26H,10-11H2,(H,22,23,24). The normalized spacial score (nSPS) is 21.4. The van der Waals surface area contributed by atoms with Gasteiger partial charge in [0.2, 0.25) is 5.95 Å². The number of fused-ring (bicyclic) bond motifs is 1. The first-order valence-corrected chi connectivity index (χ1v) is 8.97. The van der Waals surface area contributed by atoms with E-state index in [0.29, 0.717) is 17.9 Å². The lowest BCUT2D eigenvalue weighted by molar-refractivity contribution is -0.116. The highest BCUT2D eigenvalue weighted by molar-refractivity contribution is 6.00. The Kier molecular flexibility index (Phi) is 3.57. The molecular weight excluding hydrogens is 340 g/mol. The Morgan fingerprint density at radius 3 is 2.67 bits per heavy atom. The predicted molar refractivity (Wildman–Crippen MR) is 100 cm³/mol. The van der Waals surface area contributed by atoms with Gasteiger partial charge in [0.15, 0.2) is 5.78 Å². The summed E-state index contributed by atoms with van der Waals surface area (Å²) < 4.78 is 1.72. The number of anilines is 1. The Labute approximate surface area is 156 Å². The van der Waals surface area contributed by atoms with Gasteiger partial charge in [-0.1, -0.05) is 42.5 Å². The number of hydrogen-bond acceptors (Lipinski definition) is 5. The van der Waals surface area contributed by atoms with Crippen molar-refractivity contribution >= 4 is 11.7 Å². The molecule has 0 saturated carbocycles. The van der Waals surface area contributed by atoms with Crippen molar-refractivity contribution < 1.29 is 9.90 Å². The number of Topliss-reactive ketones (excluding diaryl/α,β-unsaturated/α-hetero) is 1. The van der Waals surface area contributed by atoms with Gasteiger partial charge in [0.1, 0.15) is 18.1 Å². The maximum Gasteiger partial charge on any atom is 0.226 e. The van der Waals surface area contributed by atoms with Crippen LogP contribution in [0.3, 0.4) is 0 Å². The molecule has 2 unspecified atom stereocenters. The summed E-state index contributed by atoms with van der Waals surface area (Å²) in [5, 5.41) is 17.6. The molecule has 2 heterocycles. The third-order valence-corrected chi connectivity index (χ3v) is 5.32. The molecule has 2 aliphatic rings. The van der Waals surface area contributed by atoms with Crippen molar-refractivity contribution in [2.24, 2.45) is 0 Å². The van der Waals surface area contributed by atoms with Gasteiger partial charge in [0.05, 0.1) is 0 Å². The summed E-state index contributed by atoms with van der Waals surface area (Å²) >= 11 is 0. The summed E-state index contributed by atoms with van der Waals surface area (Å²) in [7, 11) is 0. The summed E-state index contributed by atoms with van der Waals surface area (Å²) in [5.74, 6) is 1.03. The quantitative estimate of drug-likeness (QED) is 0.734. The maximum atomic E-state index is 13.2. The Morgan fingerprint density at radius 1 is 1.04 bits per heavy atom. The van der Waals surface area contributed by atoms with Crippen molar-refractivity contribution in [3.8, 4) is 5.75 Å². The van der Waals surface area contributed by atoms with Gasteiger partial charge in [0, 0.05) is 17.7 Å². The minimum absolute atomic E-state index is 0.104. The predicted octanol–water partition coefficient (Wildman–Crippen LogP) is 3.40. The van der Waals surface area contributed by atoms with Crippen molar-refractivity contribution in [2.45, 2.75) is 24.8 Å². The van der Waals surface area contributed by atoms with E-state index in [4.69, 9.17) is 0 Å². The largest absolute Gasteiger partial charge is 0.508 e. The van der Waals surface area contributed by atoms with E-state index in [9.17, 15) is 9.90 Å². The molecule has 0 bridgehead atoms. The number of nitrogens with one attached hydrogen (secondary N) is 1. The molecule has 1 aliphatic carbocycles. The van der Waals surface area contributed by atoms with E-state index in [-0.39, 0.29) is 23.5 Å². The Hall–Kier alpha value is -3.41. The zero-order chi connectivity index (χ0) is 18.4. The molecule has 6 nitrogen and oxygen atoms in total. The van der Waals surface area contributed by atoms with Gasteiger partial charge in [-0.15, -0.1) is 0 Å². The summed E-state index contributed by atoms with van der Waals surface area (Å²) in [6.45, 7) is 0. The van der Waals surface area contributed by atoms with Crippen molar-refractivity contribution in [2.75, 3.05) is 5.32 Å². The number of allylic oxidation sites excluding steroid dienone is 2. The lowest BCUT2D eigenvalue weighted by Gasteiger charge is -2.35. The van der Waals surface area contributed by atoms with Crippen LogP contribution in [0.15, 0.2) is 72.2 Å². The summed E-state index contributed by atoms with van der Waals surface area (Å²) in [5.41, 5.74) is 3.60. The molecule has 2 atom stereocenters. The van der Waals surface area contributed by atoms with Crippen LogP contribution in [0, 0.1) is 0 Å². The van der Waals surface area contributed by atoms with E-state index in [0.717, 1.165) is 17.7 Å². The zero-order valence-electron chi connectivity index (χ0n) is 14.5. The van der Waals surface area contributed by atoms with Gasteiger partial charge < -0.3 is 10.4 Å². The molecule has 134 valence electrons. The number of rotatable bonds is 2. The second kappa shape index (κ2) is 6.09. The van der Waals surface area contributed by atoms with E-state index in [1.165, 1.54) is 11.9 Å². The minimum Gasteiger partial charge on any atom is -0.508 e. The van der Waals surface area contributed by atoms with Gasteiger partial charge >= 0.3 is 0 Å². The monoisotopic (exact) mass is 358 g/mol. The lowest BCUT2D eigenvalue weighted by Crippen LogP contribution is -2.33. The number of carbonyl (C=O) groups excluding carboxylic acids is 1. The van der Waals surface area contributed by atoms with Crippen LogP contribution in [0.1, 0.15) is 35.9 Å². The van der Waals surface area contributed by atoms with Crippen LogP contribution >= 0.6 is 0 Å². The summed E-state index contributed by atoms with van der Waals surface area (Å²) in [4.78, 5) is 17.5. The molecule has 0 fully saturated rings. The number of hydrogen-bond donors (Lipinski definition) is 2. The molecule has 0 saturated heterocycles. The van der Waals surface area contributed by atoms with E-state index >= 15 is 0 Å². The van der Waals surface area contributed by atoms with Gasteiger partial charge in [-0.3, -0.25) is 4.79 Å². The molecule has 27 heavy (non-hydrogen) atoms. The van der Waals surface area contributed by atoms with Crippen LogP contribution in [-0.2, 0) is 4.79 Å². The number of ketones is 1. The van der Waals surface area contributed by atoms with Gasteiger partial charge in [0.25, 0.3) is 0 Å². The number of aromatic hydroxyl groups is 1. The SMILES string of the molecule is O=C1CC(c2ccccc2)CC2=C1C(c1cccc(O)c1)n1ncnc1N2. The molecule has 1 aromatic heterocycles. The molecular formula is C21H18N4O2. The van der Waals surface area contributed by atoms with Crippen LogP contribution in [0.2, 0.25) is 0 Å². The van der Waals surface area contributed by atoms with E-state index < -0.39 is 0 Å². The van der Waals surface area contributed by atoms with Crippen LogP contribution in [0.25, 0.3) is 0 Å². The number of phenols is 1. The highest BCUT2D eigenvalue weighted by atomic mass is 16.3. The lowest BCUT2D eigenvalue weighted by atomic mass is 9.78. The van der Waals surface area contributed by atoms with Gasteiger partial charge in [-0.2, -0.15) is 10.1 Å². The van der Waals surface area contributed by atoms with Crippen molar-refractivity contribution in [3.05, 3.63) is 83.3 Å². The zero-order valence-corrected chi connectivity index (χ0v) is 14.5. The molecule has 0 spiro atoms. The number of carbonyl (C=O) groups is 1. The number of nitrogens with zero attached hydrogens (tertiary/aromatic N) is 3. The van der Waals surface area contributed by atoms with E-state index in [1.54, 1.807) is 22.9 Å². The first-order valence-electron chi connectivity index (χ1n) is 8.97. The molecule has 0 amide bonds. The second-order valence-electron chi connectivity index (χ2n) is 6.98. The molecule has 1 aliphatic heterocycles. The van der Waals surface area contributed by atoms with E-state index in [1.807, 2.05) is 24.3 Å². The topological polar surface area (TPSA) is 80.0 Å². The average Bonchev–Trinajstić information content (AvgIpc) is 3.15. The highest BCUT2D eigenvalue weighted by Gasteiger charge is 2.39. The van der Waals surface area contributed by atoms with Crippen LogP contribution in [0.4, 0.5) is 5.95 Å². The van der Waals surface area contributed by atoms with E-state index in [2.05, 4.69) is 27.5 Å². The Bertz CT molecular complexity index is 1050. The van der Waals surface area contributed by atoms with Crippen LogP contribution < -0.4 is 5.32 Å². The average molecular weight is 358 g/mol. The fraction of sp³-hybridized carbons (Fsp3) is 0.190. The van der Waals surface area contributed by atoms with Crippen LogP contribution in [-0.4, -0.2) is 25.7 Å². The van der Waals surface area contributed by atoms with Gasteiger partial charge in [-0.05, 0) is 35.6 Å². The Morgan fingerprint density at radius 2 is 1.85 bits per heavy atom. The smallest absolute Gasteiger partial charge is 0.226 e. The van der Waals surface area contributed by atoms with Crippen molar-refractivity contribution in [1.82, 2.24) is 14.8 Å². The molecule has 6 heteroatoms. The fourth-order valence-corrected chi connectivity index (χ4v) is 4.12. The van der Waals surface area contributed by atoms with Gasteiger partial charge in [-0.25, -0.2) is 4.68 Å². The summed E-state index contributed by atoms with van der Waals surface area (Å²) in [6, 6.07) is 16.7. The highest BCUT2D eigenvalue weighted by Crippen LogP contribution is 2.44.